The topological polar surface area (TPSA) is 50.4 Å². The van der Waals surface area contributed by atoms with Crippen molar-refractivity contribution in [1.29, 1.82) is 0 Å². The van der Waals surface area contributed by atoms with Crippen LogP contribution in [0.2, 0.25) is 0 Å². The number of unbranched alkanes of at least 4 members (excludes halogenated alkanes) is 3. The monoisotopic (exact) mass is 370 g/mol. The molecule has 0 aromatic heterocycles. The summed E-state index contributed by atoms with van der Waals surface area (Å²) < 4.78 is 5.76. The van der Waals surface area contributed by atoms with Gasteiger partial charge in [-0.15, -0.1) is 0 Å². The third kappa shape index (κ3) is 7.66. The Kier molecular flexibility index (Phi) is 8.63. The molecular formula is C21H26N2O2S. The van der Waals surface area contributed by atoms with Crippen LogP contribution >= 0.6 is 12.2 Å². The van der Waals surface area contributed by atoms with Crippen LogP contribution in [0, 0.1) is 0 Å². The second-order valence-electron chi connectivity index (χ2n) is 6.10. The lowest BCUT2D eigenvalue weighted by atomic mass is 10.1. The molecule has 0 fully saturated rings. The minimum Gasteiger partial charge on any atom is -0.494 e. The molecule has 0 spiro atoms. The summed E-state index contributed by atoms with van der Waals surface area (Å²) in [6.07, 6.45) is 4.99. The van der Waals surface area contributed by atoms with Crippen molar-refractivity contribution in [2.45, 2.75) is 39.0 Å². The number of ether oxygens (including phenoxy) is 1. The average Bonchev–Trinajstić information content (AvgIpc) is 2.62. The molecule has 0 aliphatic rings. The van der Waals surface area contributed by atoms with Crippen LogP contribution in [0.15, 0.2) is 54.6 Å². The number of anilines is 1. The SMILES string of the molecule is CCCCCCOc1cccc(NC(=S)NC(=O)Cc2ccccc2)c1. The summed E-state index contributed by atoms with van der Waals surface area (Å²) >= 11 is 5.22. The zero-order valence-corrected chi connectivity index (χ0v) is 16.0. The van der Waals surface area contributed by atoms with E-state index in [4.69, 9.17) is 17.0 Å². The zero-order valence-electron chi connectivity index (χ0n) is 15.2. The quantitative estimate of drug-likeness (QED) is 0.496. The maximum Gasteiger partial charge on any atom is 0.230 e. The summed E-state index contributed by atoms with van der Waals surface area (Å²) in [4.78, 5) is 12.0. The average molecular weight is 371 g/mol. The van der Waals surface area contributed by atoms with Gasteiger partial charge in [0.2, 0.25) is 5.91 Å². The van der Waals surface area contributed by atoms with Crippen LogP contribution in [0.3, 0.4) is 0 Å². The predicted octanol–water partition coefficient (Wildman–Crippen LogP) is 4.70. The molecule has 0 saturated heterocycles. The van der Waals surface area contributed by atoms with Gasteiger partial charge in [-0.25, -0.2) is 0 Å². The third-order valence-electron chi connectivity index (χ3n) is 3.82. The van der Waals surface area contributed by atoms with Crippen molar-refractivity contribution in [3.8, 4) is 5.75 Å². The summed E-state index contributed by atoms with van der Waals surface area (Å²) in [5.41, 5.74) is 1.74. The summed E-state index contributed by atoms with van der Waals surface area (Å²) in [5.74, 6) is 0.655. The number of carbonyl (C=O) groups excluding carboxylic acids is 1. The van der Waals surface area contributed by atoms with Crippen molar-refractivity contribution in [3.63, 3.8) is 0 Å². The van der Waals surface area contributed by atoms with Gasteiger partial charge in [0.15, 0.2) is 5.11 Å². The molecule has 2 rings (SSSR count). The van der Waals surface area contributed by atoms with Crippen LogP contribution in [-0.2, 0) is 11.2 Å². The molecule has 2 N–H and O–H groups in total. The van der Waals surface area contributed by atoms with Crippen molar-refractivity contribution in [2.75, 3.05) is 11.9 Å². The Bertz CT molecular complexity index is 704. The molecule has 1 amide bonds. The van der Waals surface area contributed by atoms with Crippen molar-refractivity contribution < 1.29 is 9.53 Å². The lowest BCUT2D eigenvalue weighted by Crippen LogP contribution is -2.35. The van der Waals surface area contributed by atoms with E-state index >= 15 is 0 Å². The summed E-state index contributed by atoms with van der Waals surface area (Å²) in [6, 6.07) is 17.2. The van der Waals surface area contributed by atoms with Gasteiger partial charge >= 0.3 is 0 Å². The number of thiocarbonyl (C=S) groups is 1. The number of hydrogen-bond donors (Lipinski definition) is 2. The van der Waals surface area contributed by atoms with Crippen molar-refractivity contribution in [1.82, 2.24) is 5.32 Å². The first-order valence-corrected chi connectivity index (χ1v) is 9.46. The standard InChI is InChI=1S/C21H26N2O2S/c1-2-3-4-8-14-25-19-13-9-12-18(16-19)22-21(26)23-20(24)15-17-10-6-5-7-11-17/h5-7,9-13,16H,2-4,8,14-15H2,1H3,(H2,22,23,24,26). The zero-order chi connectivity index (χ0) is 18.6. The van der Waals surface area contributed by atoms with E-state index in [1.807, 2.05) is 54.6 Å². The first-order chi connectivity index (χ1) is 12.7. The highest BCUT2D eigenvalue weighted by molar-refractivity contribution is 7.80. The lowest BCUT2D eigenvalue weighted by Gasteiger charge is -2.11. The molecule has 0 atom stereocenters. The van der Waals surface area contributed by atoms with E-state index in [0.29, 0.717) is 13.0 Å². The van der Waals surface area contributed by atoms with Gasteiger partial charge in [0.05, 0.1) is 13.0 Å². The Hall–Kier alpha value is -2.40. The van der Waals surface area contributed by atoms with Crippen LogP contribution in [-0.4, -0.2) is 17.6 Å². The molecule has 0 heterocycles. The van der Waals surface area contributed by atoms with E-state index in [2.05, 4.69) is 17.6 Å². The first-order valence-electron chi connectivity index (χ1n) is 9.05. The normalized spacial score (nSPS) is 10.2. The molecule has 0 bridgehead atoms. The predicted molar refractivity (Wildman–Crippen MR) is 111 cm³/mol. The van der Waals surface area contributed by atoms with Crippen LogP contribution in [0.25, 0.3) is 0 Å². The Balaban J connectivity index is 1.77. The number of nitrogens with one attached hydrogen (secondary N) is 2. The van der Waals surface area contributed by atoms with Crippen LogP contribution in [0.4, 0.5) is 5.69 Å². The van der Waals surface area contributed by atoms with Gasteiger partial charge in [-0.05, 0) is 36.3 Å². The molecule has 5 heteroatoms. The highest BCUT2D eigenvalue weighted by Gasteiger charge is 2.06. The molecule has 2 aromatic rings. The molecule has 2 aromatic carbocycles. The maximum atomic E-state index is 12.0. The summed E-state index contributed by atoms with van der Waals surface area (Å²) in [7, 11) is 0. The summed E-state index contributed by atoms with van der Waals surface area (Å²) in [5, 5.41) is 6.02. The molecule has 0 aliphatic heterocycles. The van der Waals surface area contributed by atoms with Gasteiger partial charge in [-0.2, -0.15) is 0 Å². The van der Waals surface area contributed by atoms with E-state index in [0.717, 1.165) is 23.4 Å². The molecular weight excluding hydrogens is 344 g/mol. The second-order valence-corrected chi connectivity index (χ2v) is 6.51. The molecule has 138 valence electrons. The fourth-order valence-corrected chi connectivity index (χ4v) is 2.73. The Labute approximate surface area is 161 Å². The van der Waals surface area contributed by atoms with Gasteiger partial charge in [-0.3, -0.25) is 4.79 Å². The van der Waals surface area contributed by atoms with E-state index in [-0.39, 0.29) is 11.0 Å². The minimum absolute atomic E-state index is 0.142. The van der Waals surface area contributed by atoms with Crippen LogP contribution in [0.1, 0.15) is 38.2 Å². The number of benzene rings is 2. The van der Waals surface area contributed by atoms with Crippen molar-refractivity contribution in [3.05, 3.63) is 60.2 Å². The van der Waals surface area contributed by atoms with E-state index < -0.39 is 0 Å². The molecule has 0 aliphatic carbocycles. The Morgan fingerprint density at radius 2 is 1.85 bits per heavy atom. The van der Waals surface area contributed by atoms with Crippen molar-refractivity contribution >= 4 is 28.9 Å². The number of rotatable bonds is 9. The fraction of sp³-hybridized carbons (Fsp3) is 0.333. The first kappa shape index (κ1) is 19.9. The van der Waals surface area contributed by atoms with Gasteiger partial charge in [-0.1, -0.05) is 62.6 Å². The van der Waals surface area contributed by atoms with Crippen LogP contribution in [0.5, 0.6) is 5.75 Å². The number of amides is 1. The van der Waals surface area contributed by atoms with Gasteiger partial charge in [0.25, 0.3) is 0 Å². The highest BCUT2D eigenvalue weighted by Crippen LogP contribution is 2.17. The van der Waals surface area contributed by atoms with Crippen LogP contribution < -0.4 is 15.4 Å². The third-order valence-corrected chi connectivity index (χ3v) is 4.02. The van der Waals surface area contributed by atoms with E-state index in [1.54, 1.807) is 0 Å². The van der Waals surface area contributed by atoms with Gasteiger partial charge in [0, 0.05) is 11.8 Å². The summed E-state index contributed by atoms with van der Waals surface area (Å²) in [6.45, 7) is 2.90. The fourth-order valence-electron chi connectivity index (χ4n) is 2.50. The minimum atomic E-state index is -0.142. The number of carbonyl (C=O) groups is 1. The largest absolute Gasteiger partial charge is 0.494 e. The Morgan fingerprint density at radius 1 is 1.04 bits per heavy atom. The smallest absolute Gasteiger partial charge is 0.230 e. The van der Waals surface area contributed by atoms with Gasteiger partial charge < -0.3 is 15.4 Å². The molecule has 4 nitrogen and oxygen atoms in total. The highest BCUT2D eigenvalue weighted by atomic mass is 32.1. The van der Waals surface area contributed by atoms with Gasteiger partial charge in [0.1, 0.15) is 5.75 Å². The maximum absolute atomic E-state index is 12.0. The molecule has 0 unspecified atom stereocenters. The van der Waals surface area contributed by atoms with E-state index in [9.17, 15) is 4.79 Å². The molecule has 26 heavy (non-hydrogen) atoms. The van der Waals surface area contributed by atoms with Crippen molar-refractivity contribution in [2.24, 2.45) is 0 Å². The molecule has 0 saturated carbocycles. The Morgan fingerprint density at radius 3 is 2.62 bits per heavy atom. The second kappa shape index (κ2) is 11.3. The lowest BCUT2D eigenvalue weighted by molar-refractivity contribution is -0.119. The van der Waals surface area contributed by atoms with E-state index in [1.165, 1.54) is 19.3 Å². The number of hydrogen-bond acceptors (Lipinski definition) is 3. The molecule has 0 radical (unpaired) electrons.